The Morgan fingerprint density at radius 1 is 1.33 bits per heavy atom. The lowest BCUT2D eigenvalue weighted by molar-refractivity contribution is -0.138. The Balaban J connectivity index is 0.00000676. The molecular weight excluding hydrogens is 540 g/mol. The number of nitrogens with zero attached hydrogens (tertiary/aromatic N) is 2. The van der Waals surface area contributed by atoms with E-state index in [9.17, 15) is 18.0 Å². The van der Waals surface area contributed by atoms with Gasteiger partial charge in [0.2, 0.25) is 5.91 Å². The maximum absolute atomic E-state index is 13.2. The van der Waals surface area contributed by atoms with E-state index in [1.807, 2.05) is 13.8 Å². The third-order valence-corrected chi connectivity index (χ3v) is 4.18. The summed E-state index contributed by atoms with van der Waals surface area (Å²) in [5.74, 6) is 0.133. The largest absolute Gasteiger partial charge is 0.416 e. The predicted octanol–water partition coefficient (Wildman–Crippen LogP) is 4.01. The molecule has 0 fully saturated rings. The van der Waals surface area contributed by atoms with Gasteiger partial charge in [-0.3, -0.25) is 4.79 Å². The molecule has 0 heterocycles. The zero-order chi connectivity index (χ0) is 19.9. The summed E-state index contributed by atoms with van der Waals surface area (Å²) in [4.78, 5) is 17.4. The van der Waals surface area contributed by atoms with E-state index < -0.39 is 11.7 Å². The average Bonchev–Trinajstić information content (AvgIpc) is 2.56. The molecule has 1 unspecified atom stereocenters. The Hall–Kier alpha value is -1.04. The van der Waals surface area contributed by atoms with Crippen molar-refractivity contribution in [2.75, 3.05) is 20.6 Å². The molecule has 0 saturated heterocycles. The first kappa shape index (κ1) is 26.0. The minimum Gasteiger partial charge on any atom is -0.354 e. The van der Waals surface area contributed by atoms with Crippen LogP contribution in [0.4, 0.5) is 13.2 Å². The van der Waals surface area contributed by atoms with Gasteiger partial charge in [0.25, 0.3) is 0 Å². The van der Waals surface area contributed by atoms with Crippen LogP contribution < -0.4 is 10.6 Å². The number of likely N-dealkylation sites (N-methyl/N-ethyl adjacent to an activating group) is 1. The van der Waals surface area contributed by atoms with E-state index in [4.69, 9.17) is 0 Å². The first-order valence-electron chi connectivity index (χ1n) is 8.15. The summed E-state index contributed by atoms with van der Waals surface area (Å²) in [5.41, 5.74) is -0.673. The zero-order valence-electron chi connectivity index (χ0n) is 15.7. The molecule has 0 saturated carbocycles. The number of benzene rings is 1. The average molecular weight is 565 g/mol. The van der Waals surface area contributed by atoms with E-state index in [2.05, 4.69) is 31.6 Å². The monoisotopic (exact) mass is 564 g/mol. The highest BCUT2D eigenvalue weighted by Gasteiger charge is 2.33. The highest BCUT2D eigenvalue weighted by atomic mass is 127. The molecule has 0 aliphatic heterocycles. The van der Waals surface area contributed by atoms with Crippen molar-refractivity contribution in [2.24, 2.45) is 4.99 Å². The number of carbonyl (C=O) groups excluding carboxylic acids is 1. The van der Waals surface area contributed by atoms with Crippen LogP contribution in [-0.2, 0) is 17.5 Å². The number of hydrogen-bond acceptors (Lipinski definition) is 2. The van der Waals surface area contributed by atoms with Crippen LogP contribution in [0.2, 0.25) is 0 Å². The first-order chi connectivity index (χ1) is 12.0. The second-order valence-electron chi connectivity index (χ2n) is 6.06. The van der Waals surface area contributed by atoms with Gasteiger partial charge in [-0.05, 0) is 31.0 Å². The SMILES string of the molecule is CCC(C)NC(=NCc1ccc(Br)cc1C(F)(F)F)NCC(=O)N(C)C.I. The van der Waals surface area contributed by atoms with Gasteiger partial charge in [0.15, 0.2) is 5.96 Å². The van der Waals surface area contributed by atoms with Crippen LogP contribution in [0.1, 0.15) is 31.4 Å². The molecule has 27 heavy (non-hydrogen) atoms. The fourth-order valence-electron chi connectivity index (χ4n) is 1.92. The second-order valence-corrected chi connectivity index (χ2v) is 6.98. The van der Waals surface area contributed by atoms with Crippen molar-refractivity contribution in [3.8, 4) is 0 Å². The summed E-state index contributed by atoms with van der Waals surface area (Å²) in [7, 11) is 3.25. The topological polar surface area (TPSA) is 56.7 Å². The summed E-state index contributed by atoms with van der Waals surface area (Å²) in [5, 5.41) is 5.94. The number of halogens is 5. The van der Waals surface area contributed by atoms with E-state index in [0.717, 1.165) is 12.5 Å². The lowest BCUT2D eigenvalue weighted by Crippen LogP contribution is -2.45. The van der Waals surface area contributed by atoms with Gasteiger partial charge in [0.1, 0.15) is 0 Å². The van der Waals surface area contributed by atoms with Crippen LogP contribution in [-0.4, -0.2) is 43.4 Å². The van der Waals surface area contributed by atoms with Gasteiger partial charge in [0.05, 0.1) is 18.7 Å². The van der Waals surface area contributed by atoms with Crippen LogP contribution in [0, 0.1) is 0 Å². The van der Waals surface area contributed by atoms with Crippen molar-refractivity contribution in [1.29, 1.82) is 0 Å². The van der Waals surface area contributed by atoms with Gasteiger partial charge in [0, 0.05) is 24.6 Å². The number of carbonyl (C=O) groups is 1. The van der Waals surface area contributed by atoms with Crippen molar-refractivity contribution in [2.45, 2.75) is 39.0 Å². The van der Waals surface area contributed by atoms with Crippen LogP contribution in [0.5, 0.6) is 0 Å². The van der Waals surface area contributed by atoms with Gasteiger partial charge in [-0.25, -0.2) is 4.99 Å². The van der Waals surface area contributed by atoms with Crippen LogP contribution in [0.25, 0.3) is 0 Å². The second kappa shape index (κ2) is 11.7. The summed E-state index contributed by atoms with van der Waals surface area (Å²) >= 11 is 3.06. The number of nitrogens with one attached hydrogen (secondary N) is 2. The number of hydrogen-bond donors (Lipinski definition) is 2. The third-order valence-electron chi connectivity index (χ3n) is 3.69. The normalized spacial score (nSPS) is 12.8. The van der Waals surface area contributed by atoms with Gasteiger partial charge < -0.3 is 15.5 Å². The summed E-state index contributed by atoms with van der Waals surface area (Å²) in [6.07, 6.45) is -3.67. The minimum atomic E-state index is -4.47. The zero-order valence-corrected chi connectivity index (χ0v) is 19.6. The van der Waals surface area contributed by atoms with Crippen molar-refractivity contribution < 1.29 is 18.0 Å². The molecular formula is C17H25BrF3IN4O. The molecule has 154 valence electrons. The first-order valence-corrected chi connectivity index (χ1v) is 8.94. The highest BCUT2D eigenvalue weighted by molar-refractivity contribution is 14.0. The molecule has 10 heteroatoms. The molecule has 0 bridgehead atoms. The summed E-state index contributed by atoms with van der Waals surface area (Å²) in [6, 6.07) is 4.03. The Morgan fingerprint density at radius 2 is 1.96 bits per heavy atom. The molecule has 5 nitrogen and oxygen atoms in total. The molecule has 1 aromatic rings. The van der Waals surface area contributed by atoms with Crippen LogP contribution in [0.15, 0.2) is 27.7 Å². The van der Waals surface area contributed by atoms with E-state index >= 15 is 0 Å². The molecule has 0 radical (unpaired) electrons. The number of guanidine groups is 1. The Kier molecular flexibility index (Phi) is 11.3. The molecule has 0 aromatic heterocycles. The smallest absolute Gasteiger partial charge is 0.354 e. The van der Waals surface area contributed by atoms with E-state index in [1.54, 1.807) is 20.2 Å². The molecule has 1 atom stereocenters. The van der Waals surface area contributed by atoms with Crippen molar-refractivity contribution in [3.63, 3.8) is 0 Å². The number of amides is 1. The third kappa shape index (κ3) is 9.13. The fourth-order valence-corrected chi connectivity index (χ4v) is 2.28. The summed E-state index contributed by atoms with van der Waals surface area (Å²) in [6.45, 7) is 3.73. The van der Waals surface area contributed by atoms with Gasteiger partial charge in [-0.2, -0.15) is 13.2 Å². The van der Waals surface area contributed by atoms with Crippen LogP contribution in [0.3, 0.4) is 0 Å². The minimum absolute atomic E-state index is 0. The number of alkyl halides is 3. The fraction of sp³-hybridized carbons (Fsp3) is 0.529. The molecule has 1 rings (SSSR count). The lowest BCUT2D eigenvalue weighted by atomic mass is 10.1. The van der Waals surface area contributed by atoms with Gasteiger partial charge >= 0.3 is 6.18 Å². The van der Waals surface area contributed by atoms with E-state index in [1.165, 1.54) is 11.0 Å². The number of rotatable bonds is 6. The molecule has 2 N–H and O–H groups in total. The van der Waals surface area contributed by atoms with Crippen LogP contribution >= 0.6 is 39.9 Å². The van der Waals surface area contributed by atoms with E-state index in [0.29, 0.717) is 10.4 Å². The van der Waals surface area contributed by atoms with Crippen molar-refractivity contribution in [3.05, 3.63) is 33.8 Å². The maximum Gasteiger partial charge on any atom is 0.416 e. The molecule has 1 aromatic carbocycles. The molecule has 0 aliphatic carbocycles. The molecule has 0 aliphatic rings. The van der Waals surface area contributed by atoms with Gasteiger partial charge in [-0.15, -0.1) is 24.0 Å². The lowest BCUT2D eigenvalue weighted by Gasteiger charge is -2.19. The maximum atomic E-state index is 13.2. The Morgan fingerprint density at radius 3 is 2.48 bits per heavy atom. The Labute approximate surface area is 183 Å². The predicted molar refractivity (Wildman–Crippen MR) is 115 cm³/mol. The Bertz CT molecular complexity index is 654. The number of aliphatic imine (C=N–C) groups is 1. The molecule has 1 amide bonds. The quantitative estimate of drug-likeness (QED) is 0.312. The van der Waals surface area contributed by atoms with Crippen molar-refractivity contribution >= 4 is 51.8 Å². The van der Waals surface area contributed by atoms with E-state index in [-0.39, 0.29) is 54.6 Å². The highest BCUT2D eigenvalue weighted by Crippen LogP contribution is 2.34. The standard InChI is InChI=1S/C17H24BrF3N4O.HI/c1-5-11(2)24-16(23-10-15(26)25(3)4)22-9-12-6-7-13(18)8-14(12)17(19,20)21;/h6-8,11H,5,9-10H2,1-4H3,(H2,22,23,24);1H. The van der Waals surface area contributed by atoms with Crippen molar-refractivity contribution in [1.82, 2.24) is 15.5 Å². The summed E-state index contributed by atoms with van der Waals surface area (Å²) < 4.78 is 40.0. The van der Waals surface area contributed by atoms with Gasteiger partial charge in [-0.1, -0.05) is 28.9 Å². The molecule has 0 spiro atoms.